The van der Waals surface area contributed by atoms with E-state index in [0.29, 0.717) is 11.7 Å². The minimum Gasteiger partial charge on any atom is -0.481 e. The molecule has 0 atom stereocenters. The average molecular weight is 224 g/mol. The molecule has 3 heteroatoms. The summed E-state index contributed by atoms with van der Waals surface area (Å²) in [6.07, 6.45) is 1.68. The van der Waals surface area contributed by atoms with Crippen LogP contribution in [0.25, 0.3) is 11.4 Å². The minimum absolute atomic E-state index is 0.562. The largest absolute Gasteiger partial charge is 0.481 e. The number of benzene rings is 1. The Labute approximate surface area is 101 Å². The van der Waals surface area contributed by atoms with Gasteiger partial charge in [-0.3, -0.25) is 0 Å². The van der Waals surface area contributed by atoms with Crippen molar-refractivity contribution in [1.82, 2.24) is 9.97 Å². The van der Waals surface area contributed by atoms with Crippen molar-refractivity contribution in [1.29, 1.82) is 0 Å². The molecule has 0 aliphatic heterocycles. The Hall–Kier alpha value is -2.34. The van der Waals surface area contributed by atoms with Gasteiger partial charge in [0.15, 0.2) is 5.82 Å². The predicted octanol–water partition coefficient (Wildman–Crippen LogP) is 2.52. The van der Waals surface area contributed by atoms with Crippen molar-refractivity contribution in [3.05, 3.63) is 42.1 Å². The topological polar surface area (TPSA) is 35.0 Å². The molecule has 2 aromatic rings. The van der Waals surface area contributed by atoms with Crippen molar-refractivity contribution in [2.24, 2.45) is 0 Å². The zero-order valence-corrected chi connectivity index (χ0v) is 9.77. The molecule has 0 unspecified atom stereocenters. The molecule has 2 rings (SSSR count). The van der Waals surface area contributed by atoms with E-state index in [4.69, 9.17) is 4.74 Å². The summed E-state index contributed by atoms with van der Waals surface area (Å²) in [6.45, 7) is 1.82. The molecular weight excluding hydrogens is 212 g/mol. The Kier molecular flexibility index (Phi) is 3.37. The molecule has 0 aliphatic carbocycles. The molecule has 0 fully saturated rings. The van der Waals surface area contributed by atoms with Crippen LogP contribution in [-0.2, 0) is 0 Å². The second-order valence-corrected chi connectivity index (χ2v) is 3.37. The van der Waals surface area contributed by atoms with Gasteiger partial charge in [0.1, 0.15) is 0 Å². The fraction of sp³-hybridized carbons (Fsp3) is 0.143. The van der Waals surface area contributed by atoms with E-state index in [1.165, 1.54) is 0 Å². The molecule has 0 saturated carbocycles. The van der Waals surface area contributed by atoms with Gasteiger partial charge in [-0.25, -0.2) is 4.98 Å². The van der Waals surface area contributed by atoms with Crippen molar-refractivity contribution in [2.45, 2.75) is 6.92 Å². The number of methoxy groups -OCH3 is 1. The van der Waals surface area contributed by atoms with Crippen molar-refractivity contribution in [3.63, 3.8) is 0 Å². The molecule has 0 spiro atoms. The van der Waals surface area contributed by atoms with Crippen molar-refractivity contribution >= 4 is 0 Å². The molecule has 0 aliphatic rings. The molecule has 0 saturated heterocycles. The third kappa shape index (κ3) is 2.61. The van der Waals surface area contributed by atoms with Crippen LogP contribution in [0.4, 0.5) is 0 Å². The molecular formula is C14H12N2O. The maximum absolute atomic E-state index is 5.07. The lowest BCUT2D eigenvalue weighted by atomic mass is 10.1. The second-order valence-electron chi connectivity index (χ2n) is 3.37. The summed E-state index contributed by atoms with van der Waals surface area (Å²) in [7, 11) is 1.59. The van der Waals surface area contributed by atoms with Gasteiger partial charge in [0.05, 0.1) is 7.11 Å². The van der Waals surface area contributed by atoms with E-state index in [1.54, 1.807) is 19.4 Å². The number of hydrogen-bond donors (Lipinski definition) is 0. The van der Waals surface area contributed by atoms with Gasteiger partial charge in [0.2, 0.25) is 5.88 Å². The first-order chi connectivity index (χ1) is 8.33. The third-order valence-electron chi connectivity index (χ3n) is 2.25. The monoisotopic (exact) mass is 224 g/mol. The molecule has 1 aromatic heterocycles. The molecule has 17 heavy (non-hydrogen) atoms. The number of hydrogen-bond acceptors (Lipinski definition) is 3. The Morgan fingerprint density at radius 3 is 2.53 bits per heavy atom. The average Bonchev–Trinajstić information content (AvgIpc) is 2.40. The molecule has 1 aromatic carbocycles. The molecule has 0 bridgehead atoms. The molecule has 3 nitrogen and oxygen atoms in total. The lowest BCUT2D eigenvalue weighted by Crippen LogP contribution is -1.92. The van der Waals surface area contributed by atoms with Crippen LogP contribution in [0.1, 0.15) is 12.5 Å². The van der Waals surface area contributed by atoms with Crippen molar-refractivity contribution in [2.75, 3.05) is 7.11 Å². The number of aromatic nitrogens is 2. The summed E-state index contributed by atoms with van der Waals surface area (Å²) in [5.41, 5.74) is 1.93. The lowest BCUT2D eigenvalue weighted by Gasteiger charge is -2.02. The van der Waals surface area contributed by atoms with E-state index in [2.05, 4.69) is 21.8 Å². The summed E-state index contributed by atoms with van der Waals surface area (Å²) in [5, 5.41) is 0. The van der Waals surface area contributed by atoms with Gasteiger partial charge >= 0.3 is 0 Å². The third-order valence-corrected chi connectivity index (χ3v) is 2.25. The molecule has 84 valence electrons. The fourth-order valence-electron chi connectivity index (χ4n) is 1.44. The van der Waals surface area contributed by atoms with Gasteiger partial charge in [0, 0.05) is 23.4 Å². The highest BCUT2D eigenvalue weighted by Gasteiger charge is 2.02. The van der Waals surface area contributed by atoms with Crippen LogP contribution in [0.3, 0.4) is 0 Å². The highest BCUT2D eigenvalue weighted by molar-refractivity contribution is 5.57. The number of ether oxygens (including phenoxy) is 1. The van der Waals surface area contributed by atoms with Gasteiger partial charge in [-0.1, -0.05) is 5.92 Å². The van der Waals surface area contributed by atoms with E-state index in [0.717, 1.165) is 11.1 Å². The minimum atomic E-state index is 0.562. The summed E-state index contributed by atoms with van der Waals surface area (Å²) in [4.78, 5) is 8.47. The van der Waals surface area contributed by atoms with Crippen LogP contribution >= 0.6 is 0 Å². The van der Waals surface area contributed by atoms with Crippen molar-refractivity contribution < 1.29 is 4.74 Å². The summed E-state index contributed by atoms with van der Waals surface area (Å²) < 4.78 is 5.07. The first kappa shape index (κ1) is 11.2. The smallest absolute Gasteiger partial charge is 0.216 e. The van der Waals surface area contributed by atoms with Crippen LogP contribution in [0.15, 0.2) is 36.5 Å². The van der Waals surface area contributed by atoms with Crippen molar-refractivity contribution in [3.8, 4) is 29.1 Å². The van der Waals surface area contributed by atoms with Gasteiger partial charge < -0.3 is 4.74 Å². The maximum Gasteiger partial charge on any atom is 0.216 e. The SMILES string of the molecule is CC#Cc1ccc(-c2nccc(OC)n2)cc1. The molecule has 0 amide bonds. The Morgan fingerprint density at radius 2 is 1.88 bits per heavy atom. The zero-order chi connectivity index (χ0) is 12.1. The maximum atomic E-state index is 5.07. The normalized spacial score (nSPS) is 9.29. The van der Waals surface area contributed by atoms with E-state index in [-0.39, 0.29) is 0 Å². The van der Waals surface area contributed by atoms with E-state index in [1.807, 2.05) is 31.2 Å². The van der Waals surface area contributed by atoms with Gasteiger partial charge in [-0.05, 0) is 31.2 Å². The Bertz CT molecular complexity index is 565. The highest BCUT2D eigenvalue weighted by atomic mass is 16.5. The first-order valence-electron chi connectivity index (χ1n) is 5.23. The molecule has 1 heterocycles. The van der Waals surface area contributed by atoms with E-state index in [9.17, 15) is 0 Å². The van der Waals surface area contributed by atoms with Crippen LogP contribution in [-0.4, -0.2) is 17.1 Å². The summed E-state index contributed by atoms with van der Waals surface area (Å²) >= 11 is 0. The first-order valence-corrected chi connectivity index (χ1v) is 5.23. The van der Waals surface area contributed by atoms with Gasteiger partial charge in [0.25, 0.3) is 0 Å². The standard InChI is InChI=1S/C14H12N2O/c1-3-4-11-5-7-12(8-6-11)14-15-10-9-13(16-14)17-2/h5-10H,1-2H3. The number of nitrogens with zero attached hydrogens (tertiary/aromatic N) is 2. The lowest BCUT2D eigenvalue weighted by molar-refractivity contribution is 0.397. The predicted molar refractivity (Wildman–Crippen MR) is 66.6 cm³/mol. The highest BCUT2D eigenvalue weighted by Crippen LogP contribution is 2.17. The van der Waals surface area contributed by atoms with E-state index < -0.39 is 0 Å². The second kappa shape index (κ2) is 5.13. The molecule has 0 radical (unpaired) electrons. The fourth-order valence-corrected chi connectivity index (χ4v) is 1.44. The summed E-state index contributed by atoms with van der Waals surface area (Å²) in [5.74, 6) is 7.07. The van der Waals surface area contributed by atoms with Gasteiger partial charge in [-0.15, -0.1) is 5.92 Å². The number of rotatable bonds is 2. The molecule has 0 N–H and O–H groups in total. The summed E-state index contributed by atoms with van der Waals surface area (Å²) in [6, 6.07) is 9.53. The Morgan fingerprint density at radius 1 is 1.12 bits per heavy atom. The Balaban J connectivity index is 2.34. The van der Waals surface area contributed by atoms with Crippen LogP contribution in [0, 0.1) is 11.8 Å². The quantitative estimate of drug-likeness (QED) is 0.735. The zero-order valence-electron chi connectivity index (χ0n) is 9.77. The van der Waals surface area contributed by atoms with Crippen LogP contribution < -0.4 is 4.74 Å². The van der Waals surface area contributed by atoms with E-state index >= 15 is 0 Å². The van der Waals surface area contributed by atoms with Crippen LogP contribution in [0.2, 0.25) is 0 Å². The van der Waals surface area contributed by atoms with Gasteiger partial charge in [-0.2, -0.15) is 4.98 Å². The van der Waals surface area contributed by atoms with Crippen LogP contribution in [0.5, 0.6) is 5.88 Å².